The third-order valence-corrected chi connectivity index (χ3v) is 2.46. The maximum atomic E-state index is 5.77. The fourth-order valence-corrected chi connectivity index (χ4v) is 1.45. The highest BCUT2D eigenvalue weighted by atomic mass is 15.1. The fraction of sp³-hybridized carbons (Fsp3) is 0.143. The van der Waals surface area contributed by atoms with Crippen LogP contribution in [0.15, 0.2) is 64.8 Å². The zero-order valence-corrected chi connectivity index (χ0v) is 9.75. The molecule has 0 heterocycles. The van der Waals surface area contributed by atoms with Gasteiger partial charge in [-0.05, 0) is 36.8 Å². The maximum absolute atomic E-state index is 5.77. The molecule has 2 aromatic rings. The molecule has 0 fully saturated rings. The average molecular weight is 225 g/mol. The molecule has 0 saturated carbocycles. The molecule has 3 heteroatoms. The first-order valence-corrected chi connectivity index (χ1v) is 5.58. The lowest BCUT2D eigenvalue weighted by Gasteiger charge is -2.04. The number of hydrogen-bond acceptors (Lipinski definition) is 3. The fourth-order valence-electron chi connectivity index (χ4n) is 1.45. The molecule has 0 saturated heterocycles. The Balaban J connectivity index is 2.12. The van der Waals surface area contributed by atoms with Gasteiger partial charge in [-0.25, -0.2) is 0 Å². The third-order valence-electron chi connectivity index (χ3n) is 2.46. The molecule has 0 aliphatic carbocycles. The summed E-state index contributed by atoms with van der Waals surface area (Å²) in [6.45, 7) is 1.96. The van der Waals surface area contributed by atoms with Crippen LogP contribution in [0.25, 0.3) is 0 Å². The predicted octanol–water partition coefficient (Wildman–Crippen LogP) is 4.12. The first-order chi connectivity index (χ1) is 8.25. The third kappa shape index (κ3) is 3.23. The first kappa shape index (κ1) is 11.5. The number of azo groups is 1. The Morgan fingerprint density at radius 2 is 1.35 bits per heavy atom. The summed E-state index contributed by atoms with van der Waals surface area (Å²) in [6, 6.07) is 17.5. The van der Waals surface area contributed by atoms with Crippen LogP contribution in [0.1, 0.15) is 18.5 Å². The van der Waals surface area contributed by atoms with Gasteiger partial charge in [0.1, 0.15) is 0 Å². The van der Waals surface area contributed by atoms with Crippen molar-refractivity contribution in [3.63, 3.8) is 0 Å². The number of rotatable bonds is 3. The van der Waals surface area contributed by atoms with Gasteiger partial charge in [0.2, 0.25) is 0 Å². The molecule has 1 atom stereocenters. The van der Waals surface area contributed by atoms with Crippen molar-refractivity contribution in [2.45, 2.75) is 13.0 Å². The van der Waals surface area contributed by atoms with E-state index >= 15 is 0 Å². The van der Waals surface area contributed by atoms with Crippen LogP contribution in [-0.4, -0.2) is 0 Å². The summed E-state index contributed by atoms with van der Waals surface area (Å²) in [5.74, 6) is 0. The molecule has 0 amide bonds. The van der Waals surface area contributed by atoms with Crippen LogP contribution in [-0.2, 0) is 0 Å². The van der Waals surface area contributed by atoms with Gasteiger partial charge in [-0.3, -0.25) is 0 Å². The second-order valence-corrected chi connectivity index (χ2v) is 3.92. The van der Waals surface area contributed by atoms with E-state index in [1.807, 2.05) is 61.5 Å². The molecule has 0 aromatic heterocycles. The molecule has 86 valence electrons. The molecule has 2 rings (SSSR count). The Hall–Kier alpha value is -2.00. The summed E-state index contributed by atoms with van der Waals surface area (Å²) < 4.78 is 0. The molecule has 0 aliphatic heterocycles. The van der Waals surface area contributed by atoms with Gasteiger partial charge >= 0.3 is 0 Å². The lowest BCUT2D eigenvalue weighted by atomic mass is 10.1. The quantitative estimate of drug-likeness (QED) is 0.785. The molecule has 0 aliphatic rings. The monoisotopic (exact) mass is 225 g/mol. The Morgan fingerprint density at radius 1 is 0.824 bits per heavy atom. The van der Waals surface area contributed by atoms with Crippen molar-refractivity contribution >= 4 is 11.4 Å². The van der Waals surface area contributed by atoms with Crippen LogP contribution in [0.5, 0.6) is 0 Å². The van der Waals surface area contributed by atoms with Crippen molar-refractivity contribution in [1.29, 1.82) is 0 Å². The van der Waals surface area contributed by atoms with E-state index in [0.717, 1.165) is 16.9 Å². The van der Waals surface area contributed by atoms with E-state index in [0.29, 0.717) is 0 Å². The second-order valence-electron chi connectivity index (χ2n) is 3.92. The molecule has 0 spiro atoms. The topological polar surface area (TPSA) is 50.7 Å². The molecule has 0 radical (unpaired) electrons. The Morgan fingerprint density at radius 3 is 1.88 bits per heavy atom. The molecule has 0 unspecified atom stereocenters. The van der Waals surface area contributed by atoms with Crippen molar-refractivity contribution in [2.24, 2.45) is 16.0 Å². The highest BCUT2D eigenvalue weighted by molar-refractivity contribution is 5.41. The Kier molecular flexibility index (Phi) is 3.62. The van der Waals surface area contributed by atoms with Gasteiger partial charge in [0.05, 0.1) is 11.4 Å². The molecule has 2 N–H and O–H groups in total. The standard InChI is InChI=1S/C14H15N3/c1-11(15)12-7-9-14(10-8-12)17-16-13-5-3-2-4-6-13/h2-11H,15H2,1H3/t11-/m0/s1. The highest BCUT2D eigenvalue weighted by Crippen LogP contribution is 2.19. The van der Waals surface area contributed by atoms with Gasteiger partial charge in [0, 0.05) is 6.04 Å². The zero-order chi connectivity index (χ0) is 12.1. The molecular weight excluding hydrogens is 210 g/mol. The SMILES string of the molecule is C[C@H](N)c1ccc(N=Nc2ccccc2)cc1. The van der Waals surface area contributed by atoms with Gasteiger partial charge in [-0.15, -0.1) is 0 Å². The summed E-state index contributed by atoms with van der Waals surface area (Å²) in [6.07, 6.45) is 0. The van der Waals surface area contributed by atoms with Crippen molar-refractivity contribution in [2.75, 3.05) is 0 Å². The molecule has 3 nitrogen and oxygen atoms in total. The highest BCUT2D eigenvalue weighted by Gasteiger charge is 1.98. The van der Waals surface area contributed by atoms with Crippen molar-refractivity contribution in [1.82, 2.24) is 0 Å². The summed E-state index contributed by atoms with van der Waals surface area (Å²) in [7, 11) is 0. The lowest BCUT2D eigenvalue weighted by molar-refractivity contribution is 0.818. The molecule has 17 heavy (non-hydrogen) atoms. The predicted molar refractivity (Wildman–Crippen MR) is 69.7 cm³/mol. The van der Waals surface area contributed by atoms with Gasteiger partial charge < -0.3 is 5.73 Å². The van der Waals surface area contributed by atoms with Crippen LogP contribution < -0.4 is 5.73 Å². The van der Waals surface area contributed by atoms with Crippen molar-refractivity contribution in [3.05, 3.63) is 60.2 Å². The van der Waals surface area contributed by atoms with Crippen LogP contribution in [0.2, 0.25) is 0 Å². The summed E-state index contributed by atoms with van der Waals surface area (Å²) in [4.78, 5) is 0. The Labute approximate surface area is 101 Å². The van der Waals surface area contributed by atoms with Crippen molar-refractivity contribution in [3.8, 4) is 0 Å². The van der Waals surface area contributed by atoms with Gasteiger partial charge in [-0.1, -0.05) is 30.3 Å². The normalized spacial score (nSPS) is 12.8. The van der Waals surface area contributed by atoms with Gasteiger partial charge in [-0.2, -0.15) is 10.2 Å². The Bertz CT molecular complexity index is 487. The lowest BCUT2D eigenvalue weighted by Crippen LogP contribution is -2.03. The number of hydrogen-bond donors (Lipinski definition) is 1. The summed E-state index contributed by atoms with van der Waals surface area (Å²) in [5.41, 5.74) is 8.56. The first-order valence-electron chi connectivity index (χ1n) is 5.58. The van der Waals surface area contributed by atoms with Gasteiger partial charge in [0.25, 0.3) is 0 Å². The second kappa shape index (κ2) is 5.37. The van der Waals surface area contributed by atoms with E-state index in [1.165, 1.54) is 0 Å². The van der Waals surface area contributed by atoms with E-state index in [2.05, 4.69) is 10.2 Å². The van der Waals surface area contributed by atoms with E-state index in [4.69, 9.17) is 5.73 Å². The average Bonchev–Trinajstić information content (AvgIpc) is 2.38. The minimum atomic E-state index is 0.0510. The number of benzene rings is 2. The van der Waals surface area contributed by atoms with Gasteiger partial charge in [0.15, 0.2) is 0 Å². The van der Waals surface area contributed by atoms with Crippen LogP contribution in [0.4, 0.5) is 11.4 Å². The number of nitrogens with zero attached hydrogens (tertiary/aromatic N) is 2. The van der Waals surface area contributed by atoms with E-state index in [1.54, 1.807) is 0 Å². The summed E-state index contributed by atoms with van der Waals surface area (Å²) >= 11 is 0. The van der Waals surface area contributed by atoms with E-state index < -0.39 is 0 Å². The van der Waals surface area contributed by atoms with Crippen LogP contribution in [0, 0.1) is 0 Å². The minimum absolute atomic E-state index is 0.0510. The van der Waals surface area contributed by atoms with E-state index in [-0.39, 0.29) is 6.04 Å². The van der Waals surface area contributed by atoms with E-state index in [9.17, 15) is 0 Å². The van der Waals surface area contributed by atoms with Crippen LogP contribution in [0.3, 0.4) is 0 Å². The van der Waals surface area contributed by atoms with Crippen molar-refractivity contribution < 1.29 is 0 Å². The minimum Gasteiger partial charge on any atom is -0.324 e. The molecule has 0 bridgehead atoms. The smallest absolute Gasteiger partial charge is 0.0857 e. The summed E-state index contributed by atoms with van der Waals surface area (Å²) in [5, 5.41) is 8.31. The molecule has 2 aromatic carbocycles. The largest absolute Gasteiger partial charge is 0.324 e. The van der Waals surface area contributed by atoms with Crippen LogP contribution >= 0.6 is 0 Å². The zero-order valence-electron chi connectivity index (χ0n) is 9.75. The maximum Gasteiger partial charge on any atom is 0.0857 e. The number of nitrogens with two attached hydrogens (primary N) is 1. The molecular formula is C14H15N3.